The summed E-state index contributed by atoms with van der Waals surface area (Å²) < 4.78 is 29.6. The van der Waals surface area contributed by atoms with Crippen LogP contribution in [0.25, 0.3) is 0 Å². The van der Waals surface area contributed by atoms with E-state index in [0.29, 0.717) is 5.56 Å². The van der Waals surface area contributed by atoms with Gasteiger partial charge in [0.05, 0.1) is 35.6 Å². The fraction of sp³-hybridized carbons (Fsp3) is 0.435. The summed E-state index contributed by atoms with van der Waals surface area (Å²) in [7, 11) is 0. The highest BCUT2D eigenvalue weighted by molar-refractivity contribution is 5.96. The van der Waals surface area contributed by atoms with Gasteiger partial charge < -0.3 is 49.4 Å². The van der Waals surface area contributed by atoms with Crippen LogP contribution in [-0.4, -0.2) is 111 Å². The number of fused-ring (bicyclic) bond motifs is 5. The number of carboxylic acid groups (broad SMARTS) is 1. The fourth-order valence-electron chi connectivity index (χ4n) is 10.1. The van der Waals surface area contributed by atoms with Gasteiger partial charge in [0.15, 0.2) is 23.6 Å². The zero-order valence-corrected chi connectivity index (χ0v) is 34.7. The molecule has 0 radical (unpaired) electrons. The quantitative estimate of drug-likeness (QED) is 0.111. The highest BCUT2D eigenvalue weighted by atomic mass is 16.7. The van der Waals surface area contributed by atoms with Crippen LogP contribution in [0.4, 0.5) is 4.79 Å². The fourth-order valence-corrected chi connectivity index (χ4v) is 10.1. The molecule has 1 amide bonds. The molecule has 1 unspecified atom stereocenters. The number of hydrogen-bond donors (Lipinski definition) is 5. The molecule has 3 aromatic carbocycles. The number of aliphatic hydroxyl groups excluding tert-OH is 2. The number of Topliss-reactive ketones (excluding diaryl/α,β-unsaturated/α-hetero) is 1. The Labute approximate surface area is 356 Å². The van der Waals surface area contributed by atoms with E-state index in [2.05, 4.69) is 5.32 Å². The molecule has 1 heterocycles. The standard InChI is InChI=1S/C46H49NO15/c1-24-29(59-41(54)34(50)33(26-15-9-6-10-16-26)47-39(52)27-17-11-7-12-18-27)22-46(57)38(61-40(53)28-19-13-8-14-20-28)36-44(5,30(49)21-31-45(36,23-58-31)62-25(2)48)37(51)35(60-42(55)56)32(24)43(46,3)4/h6-20,29-31,33-36,38,49-50,57H,21-23H2,1-5H3,(H,47,52)(H,55,56)/t29-,30-,31+,33-,34+,35+,36?,38-,44+,45-,46+/m0/s1. The van der Waals surface area contributed by atoms with E-state index in [0.717, 1.165) is 6.92 Å². The predicted octanol–water partition coefficient (Wildman–Crippen LogP) is 3.87. The number of esters is 3. The molecule has 11 atom stereocenters. The number of ether oxygens (including phenoxy) is 5. The third-order valence-electron chi connectivity index (χ3n) is 13.4. The molecule has 62 heavy (non-hydrogen) atoms. The van der Waals surface area contributed by atoms with Crippen molar-refractivity contribution in [2.45, 2.75) is 101 Å². The van der Waals surface area contributed by atoms with Crippen molar-refractivity contribution in [3.8, 4) is 0 Å². The average molecular weight is 856 g/mol. The maximum absolute atomic E-state index is 15.4. The molecule has 7 rings (SSSR count). The number of aliphatic hydroxyl groups is 3. The van der Waals surface area contributed by atoms with E-state index in [1.165, 1.54) is 39.8 Å². The Morgan fingerprint density at radius 2 is 1.44 bits per heavy atom. The number of carbonyl (C=O) groups is 6. The molecule has 16 nitrogen and oxygen atoms in total. The lowest BCUT2D eigenvalue weighted by atomic mass is 9.44. The minimum Gasteiger partial charge on any atom is -0.456 e. The highest BCUT2D eigenvalue weighted by Crippen LogP contribution is 2.64. The van der Waals surface area contributed by atoms with Gasteiger partial charge >= 0.3 is 24.1 Å². The van der Waals surface area contributed by atoms with E-state index >= 15 is 4.79 Å². The lowest BCUT2D eigenvalue weighted by Crippen LogP contribution is -2.82. The Morgan fingerprint density at radius 3 is 1.98 bits per heavy atom. The van der Waals surface area contributed by atoms with E-state index in [4.69, 9.17) is 23.7 Å². The Bertz CT molecular complexity index is 2280. The molecular weight excluding hydrogens is 806 g/mol. The van der Waals surface area contributed by atoms with Crippen LogP contribution >= 0.6 is 0 Å². The van der Waals surface area contributed by atoms with Gasteiger partial charge in [-0.1, -0.05) is 80.6 Å². The molecule has 4 aliphatic rings. The van der Waals surface area contributed by atoms with Crippen molar-refractivity contribution in [2.24, 2.45) is 16.7 Å². The topological polar surface area (TPSA) is 242 Å². The van der Waals surface area contributed by atoms with Gasteiger partial charge in [-0.15, -0.1) is 0 Å². The summed E-state index contributed by atoms with van der Waals surface area (Å²) in [5, 5.41) is 50.2. The number of nitrogens with one attached hydrogen (secondary N) is 1. The van der Waals surface area contributed by atoms with Gasteiger partial charge in [-0.25, -0.2) is 14.4 Å². The summed E-state index contributed by atoms with van der Waals surface area (Å²) in [5.74, 6) is -6.34. The van der Waals surface area contributed by atoms with Gasteiger partial charge in [0, 0.05) is 30.7 Å². The summed E-state index contributed by atoms with van der Waals surface area (Å²) in [6.07, 6.45) is -13.1. The first-order chi connectivity index (χ1) is 29.3. The first-order valence-corrected chi connectivity index (χ1v) is 20.2. The Morgan fingerprint density at radius 1 is 0.855 bits per heavy atom. The molecular formula is C46H49NO15. The van der Waals surface area contributed by atoms with E-state index in [1.54, 1.807) is 78.9 Å². The van der Waals surface area contributed by atoms with Crippen LogP contribution in [0.2, 0.25) is 0 Å². The first-order valence-electron chi connectivity index (χ1n) is 20.2. The zero-order chi connectivity index (χ0) is 44.9. The second-order valence-corrected chi connectivity index (χ2v) is 17.1. The van der Waals surface area contributed by atoms with Crippen molar-refractivity contribution in [3.05, 3.63) is 119 Å². The minimum atomic E-state index is -2.47. The molecule has 3 fully saturated rings. The maximum Gasteiger partial charge on any atom is 0.506 e. The van der Waals surface area contributed by atoms with Crippen molar-refractivity contribution in [1.29, 1.82) is 0 Å². The molecule has 3 aromatic rings. The molecule has 0 spiro atoms. The molecule has 1 aliphatic heterocycles. The van der Waals surface area contributed by atoms with E-state index < -0.39 is 113 Å². The van der Waals surface area contributed by atoms with Gasteiger partial charge in [-0.2, -0.15) is 0 Å². The maximum atomic E-state index is 15.4. The average Bonchev–Trinajstić information content (AvgIpc) is 3.24. The summed E-state index contributed by atoms with van der Waals surface area (Å²) in [6, 6.07) is 22.6. The van der Waals surface area contributed by atoms with Crippen molar-refractivity contribution >= 4 is 35.8 Å². The molecule has 0 aromatic heterocycles. The SMILES string of the molecule is CC(=O)O[C@@]12CO[C@@H]1C[C@H](O)[C@@]1(C)C(=O)[C@H](OC(=O)O)C3=C(C)[C@@H](OC(=O)[C@H](O)[C@@H](NC(=O)c4ccccc4)c4ccccc4)C[C@@](O)([C@@H](OC(=O)c4ccccc4)C12)C3(C)C. The van der Waals surface area contributed by atoms with Crippen LogP contribution < -0.4 is 5.32 Å². The monoisotopic (exact) mass is 855 g/mol. The van der Waals surface area contributed by atoms with Crippen LogP contribution in [0.1, 0.15) is 79.8 Å². The third kappa shape index (κ3) is 7.23. The second kappa shape index (κ2) is 16.4. The molecule has 328 valence electrons. The smallest absolute Gasteiger partial charge is 0.456 e. The number of hydrogen-bond acceptors (Lipinski definition) is 14. The van der Waals surface area contributed by atoms with Crippen molar-refractivity contribution in [2.75, 3.05) is 6.61 Å². The molecule has 2 bridgehead atoms. The van der Waals surface area contributed by atoms with Crippen molar-refractivity contribution < 1.29 is 72.9 Å². The van der Waals surface area contributed by atoms with Gasteiger partial charge in [-0.3, -0.25) is 14.4 Å². The molecule has 16 heteroatoms. The van der Waals surface area contributed by atoms with Crippen LogP contribution in [-0.2, 0) is 38.1 Å². The normalized spacial score (nSPS) is 31.8. The highest BCUT2D eigenvalue weighted by Gasteiger charge is 2.78. The number of amides is 1. The second-order valence-electron chi connectivity index (χ2n) is 17.1. The Balaban J connectivity index is 1.39. The van der Waals surface area contributed by atoms with Gasteiger partial charge in [0.2, 0.25) is 0 Å². The predicted molar refractivity (Wildman–Crippen MR) is 215 cm³/mol. The third-order valence-corrected chi connectivity index (χ3v) is 13.4. The molecule has 5 N–H and O–H groups in total. The van der Waals surface area contributed by atoms with E-state index in [-0.39, 0.29) is 35.3 Å². The van der Waals surface area contributed by atoms with Gasteiger partial charge in [0.25, 0.3) is 5.91 Å². The van der Waals surface area contributed by atoms with Crippen LogP contribution in [0.5, 0.6) is 0 Å². The van der Waals surface area contributed by atoms with E-state index in [9.17, 15) is 44.4 Å². The zero-order valence-electron chi connectivity index (χ0n) is 34.7. The summed E-state index contributed by atoms with van der Waals surface area (Å²) >= 11 is 0. The Kier molecular flexibility index (Phi) is 11.7. The first kappa shape index (κ1) is 44.1. The van der Waals surface area contributed by atoms with Crippen molar-refractivity contribution in [3.63, 3.8) is 0 Å². The lowest BCUT2D eigenvalue weighted by molar-refractivity contribution is -0.346. The largest absolute Gasteiger partial charge is 0.506 e. The van der Waals surface area contributed by atoms with Crippen LogP contribution in [0.15, 0.2) is 102 Å². The van der Waals surface area contributed by atoms with Gasteiger partial charge in [0.1, 0.15) is 23.9 Å². The minimum absolute atomic E-state index is 0.0359. The summed E-state index contributed by atoms with van der Waals surface area (Å²) in [6.45, 7) is 6.48. The summed E-state index contributed by atoms with van der Waals surface area (Å²) in [5.41, 5.74) is -7.74. The Hall–Kier alpha value is -5.94. The molecule has 2 saturated carbocycles. The lowest BCUT2D eigenvalue weighted by Gasteiger charge is -2.67. The van der Waals surface area contributed by atoms with Crippen LogP contribution in [0.3, 0.4) is 0 Å². The molecule has 3 aliphatic carbocycles. The van der Waals surface area contributed by atoms with E-state index in [1.807, 2.05) is 0 Å². The van der Waals surface area contributed by atoms with Crippen LogP contribution in [0, 0.1) is 16.7 Å². The number of rotatable bonds is 10. The molecule has 1 saturated heterocycles. The van der Waals surface area contributed by atoms with Crippen molar-refractivity contribution in [1.82, 2.24) is 5.32 Å². The number of benzene rings is 3. The number of ketones is 1. The van der Waals surface area contributed by atoms with Gasteiger partial charge in [-0.05, 0) is 54.8 Å². The summed E-state index contributed by atoms with van der Waals surface area (Å²) in [4.78, 5) is 82.8. The number of carbonyl (C=O) groups excluding carboxylic acids is 5.